The number of aromatic nitrogens is 1. The van der Waals surface area contributed by atoms with Gasteiger partial charge in [-0.05, 0) is 23.8 Å². The molecule has 3 rings (SSSR count). The Morgan fingerprint density at radius 2 is 1.70 bits per heavy atom. The monoisotopic (exact) mass is 384 g/mol. The van der Waals surface area contributed by atoms with Crippen LogP contribution in [0.15, 0.2) is 47.8 Å². The second-order valence-corrected chi connectivity index (χ2v) is 6.51. The highest BCUT2D eigenvalue weighted by molar-refractivity contribution is 7.13. The molecule has 6 nitrogen and oxygen atoms in total. The lowest BCUT2D eigenvalue weighted by atomic mass is 10.1. The van der Waals surface area contributed by atoms with Crippen molar-refractivity contribution in [3.05, 3.63) is 53.4 Å². The Morgan fingerprint density at radius 1 is 1.00 bits per heavy atom. The number of thiazole rings is 1. The molecular formula is C20H20N2O4S. The molecule has 0 aliphatic rings. The lowest BCUT2D eigenvalue weighted by Crippen LogP contribution is -2.22. The zero-order valence-corrected chi connectivity index (χ0v) is 16.1. The zero-order valence-electron chi connectivity index (χ0n) is 15.3. The minimum absolute atomic E-state index is 0.418. The number of methoxy groups -OCH3 is 3. The number of benzene rings is 2. The molecule has 1 heterocycles. The van der Waals surface area contributed by atoms with Crippen LogP contribution in [-0.2, 0) is 11.3 Å². The standard InChI is InChI=1S/C20H20N2O4S/c1-24-17-9-8-15(10-18(17)25-2)16-12-27-19(22-16)14-6-4-13(5-7-14)11-21-20(23)26-3/h4-10,12H,11H2,1-3H3,(H,21,23). The van der Waals surface area contributed by atoms with Crippen LogP contribution in [0.1, 0.15) is 5.56 Å². The van der Waals surface area contributed by atoms with Gasteiger partial charge in [0, 0.05) is 23.1 Å². The number of carbonyl (C=O) groups excluding carboxylic acids is 1. The average Bonchev–Trinajstić information content (AvgIpc) is 3.22. The molecule has 0 fully saturated rings. The molecule has 27 heavy (non-hydrogen) atoms. The summed E-state index contributed by atoms with van der Waals surface area (Å²) in [7, 11) is 4.57. The van der Waals surface area contributed by atoms with Crippen molar-refractivity contribution >= 4 is 17.4 Å². The van der Waals surface area contributed by atoms with E-state index in [1.54, 1.807) is 25.6 Å². The first kappa shape index (κ1) is 18.7. The van der Waals surface area contributed by atoms with E-state index >= 15 is 0 Å². The maximum atomic E-state index is 11.1. The van der Waals surface area contributed by atoms with E-state index in [0.717, 1.165) is 27.4 Å². The van der Waals surface area contributed by atoms with Crippen molar-refractivity contribution in [2.45, 2.75) is 6.54 Å². The number of nitrogens with zero attached hydrogens (tertiary/aromatic N) is 1. The number of ether oxygens (including phenoxy) is 3. The molecule has 0 bridgehead atoms. The Bertz CT molecular complexity index is 922. The smallest absolute Gasteiger partial charge is 0.407 e. The summed E-state index contributed by atoms with van der Waals surface area (Å²) in [5, 5.41) is 5.60. The van der Waals surface area contributed by atoms with Gasteiger partial charge in [-0.3, -0.25) is 0 Å². The van der Waals surface area contributed by atoms with Gasteiger partial charge in [0.15, 0.2) is 11.5 Å². The molecule has 0 saturated carbocycles. The molecular weight excluding hydrogens is 364 g/mol. The number of rotatable bonds is 6. The van der Waals surface area contributed by atoms with Gasteiger partial charge in [-0.1, -0.05) is 24.3 Å². The third-order valence-electron chi connectivity index (χ3n) is 4.01. The fourth-order valence-corrected chi connectivity index (χ4v) is 3.38. The van der Waals surface area contributed by atoms with Gasteiger partial charge in [-0.15, -0.1) is 11.3 Å². The minimum atomic E-state index is -0.446. The Balaban J connectivity index is 1.76. The zero-order chi connectivity index (χ0) is 19.2. The van der Waals surface area contributed by atoms with E-state index in [4.69, 9.17) is 14.5 Å². The highest BCUT2D eigenvalue weighted by Crippen LogP contribution is 2.34. The quantitative estimate of drug-likeness (QED) is 0.684. The molecule has 2 aromatic carbocycles. The average molecular weight is 384 g/mol. The van der Waals surface area contributed by atoms with Crippen molar-refractivity contribution < 1.29 is 19.0 Å². The molecule has 1 N–H and O–H groups in total. The van der Waals surface area contributed by atoms with Crippen molar-refractivity contribution in [1.29, 1.82) is 0 Å². The van der Waals surface area contributed by atoms with Crippen molar-refractivity contribution in [2.24, 2.45) is 0 Å². The molecule has 0 spiro atoms. The SMILES string of the molecule is COC(=O)NCc1ccc(-c2nc(-c3ccc(OC)c(OC)c3)cs2)cc1. The highest BCUT2D eigenvalue weighted by atomic mass is 32.1. The predicted octanol–water partition coefficient (Wildman–Crippen LogP) is 4.35. The van der Waals surface area contributed by atoms with Gasteiger partial charge in [0.05, 0.1) is 27.0 Å². The molecule has 1 aromatic heterocycles. The van der Waals surface area contributed by atoms with Crippen LogP contribution in [0.2, 0.25) is 0 Å². The maximum absolute atomic E-state index is 11.1. The van der Waals surface area contributed by atoms with Crippen LogP contribution in [0.3, 0.4) is 0 Å². The lowest BCUT2D eigenvalue weighted by molar-refractivity contribution is 0.170. The second-order valence-electron chi connectivity index (χ2n) is 5.65. The number of hydrogen-bond acceptors (Lipinski definition) is 6. The molecule has 140 valence electrons. The summed E-state index contributed by atoms with van der Waals surface area (Å²) in [5.74, 6) is 1.36. The first-order valence-electron chi connectivity index (χ1n) is 8.23. The van der Waals surface area contributed by atoms with Crippen LogP contribution in [0.4, 0.5) is 4.79 Å². The third kappa shape index (κ3) is 4.38. The van der Waals surface area contributed by atoms with Crippen LogP contribution in [0.25, 0.3) is 21.8 Å². The van der Waals surface area contributed by atoms with Gasteiger partial charge in [0.25, 0.3) is 0 Å². The van der Waals surface area contributed by atoms with Crippen LogP contribution in [0, 0.1) is 0 Å². The Labute approximate surface area is 161 Å². The van der Waals surface area contributed by atoms with Gasteiger partial charge in [0.2, 0.25) is 0 Å². The van der Waals surface area contributed by atoms with Crippen LogP contribution >= 0.6 is 11.3 Å². The van der Waals surface area contributed by atoms with Crippen LogP contribution in [-0.4, -0.2) is 32.4 Å². The number of nitrogens with one attached hydrogen (secondary N) is 1. The number of carbonyl (C=O) groups is 1. The summed E-state index contributed by atoms with van der Waals surface area (Å²) in [5.41, 5.74) is 3.86. The van der Waals surface area contributed by atoms with Gasteiger partial charge < -0.3 is 19.5 Å². The fourth-order valence-electron chi connectivity index (χ4n) is 2.55. The first-order valence-corrected chi connectivity index (χ1v) is 9.11. The van der Waals surface area contributed by atoms with Crippen molar-refractivity contribution in [3.63, 3.8) is 0 Å². The molecule has 0 saturated heterocycles. The third-order valence-corrected chi connectivity index (χ3v) is 4.90. The van der Waals surface area contributed by atoms with E-state index in [-0.39, 0.29) is 0 Å². The Kier molecular flexibility index (Phi) is 5.93. The van der Waals surface area contributed by atoms with Crippen molar-refractivity contribution in [2.75, 3.05) is 21.3 Å². The van der Waals surface area contributed by atoms with E-state index < -0.39 is 6.09 Å². The number of amides is 1. The normalized spacial score (nSPS) is 10.3. The molecule has 0 atom stereocenters. The summed E-state index contributed by atoms with van der Waals surface area (Å²) in [4.78, 5) is 15.9. The predicted molar refractivity (Wildman–Crippen MR) is 105 cm³/mol. The van der Waals surface area contributed by atoms with Gasteiger partial charge in [-0.2, -0.15) is 0 Å². The summed E-state index contributed by atoms with van der Waals surface area (Å²) >= 11 is 1.58. The lowest BCUT2D eigenvalue weighted by Gasteiger charge is -2.08. The Hall–Kier alpha value is -3.06. The summed E-state index contributed by atoms with van der Waals surface area (Å²) in [6.45, 7) is 0.418. The van der Waals surface area contributed by atoms with E-state index in [1.807, 2.05) is 47.8 Å². The number of hydrogen-bond donors (Lipinski definition) is 1. The largest absolute Gasteiger partial charge is 0.493 e. The topological polar surface area (TPSA) is 69.7 Å². The maximum Gasteiger partial charge on any atom is 0.407 e. The molecule has 0 aliphatic heterocycles. The Morgan fingerprint density at radius 3 is 2.37 bits per heavy atom. The highest BCUT2D eigenvalue weighted by Gasteiger charge is 2.10. The van der Waals surface area contributed by atoms with Crippen molar-refractivity contribution in [1.82, 2.24) is 10.3 Å². The number of alkyl carbamates (subject to hydrolysis) is 1. The minimum Gasteiger partial charge on any atom is -0.493 e. The van der Waals surface area contributed by atoms with Gasteiger partial charge >= 0.3 is 6.09 Å². The summed E-state index contributed by atoms with van der Waals surface area (Å²) in [6.07, 6.45) is -0.446. The van der Waals surface area contributed by atoms with Gasteiger partial charge in [-0.25, -0.2) is 9.78 Å². The van der Waals surface area contributed by atoms with Crippen molar-refractivity contribution in [3.8, 4) is 33.3 Å². The van der Waals surface area contributed by atoms with Crippen LogP contribution < -0.4 is 14.8 Å². The molecule has 0 radical (unpaired) electrons. The van der Waals surface area contributed by atoms with Gasteiger partial charge in [0.1, 0.15) is 5.01 Å². The summed E-state index contributed by atoms with van der Waals surface area (Å²) in [6, 6.07) is 13.7. The molecule has 7 heteroatoms. The molecule has 1 amide bonds. The second kappa shape index (κ2) is 8.55. The van der Waals surface area contributed by atoms with Crippen LogP contribution in [0.5, 0.6) is 11.5 Å². The summed E-state index contributed by atoms with van der Waals surface area (Å²) < 4.78 is 15.2. The molecule has 0 unspecified atom stereocenters. The van der Waals surface area contributed by atoms with E-state index in [0.29, 0.717) is 18.0 Å². The first-order chi connectivity index (χ1) is 13.1. The molecule has 3 aromatic rings. The van der Waals surface area contributed by atoms with E-state index in [9.17, 15) is 4.79 Å². The van der Waals surface area contributed by atoms with E-state index in [2.05, 4.69) is 10.1 Å². The molecule has 0 aliphatic carbocycles. The van der Waals surface area contributed by atoms with E-state index in [1.165, 1.54) is 7.11 Å². The fraction of sp³-hybridized carbons (Fsp3) is 0.200.